The van der Waals surface area contributed by atoms with Gasteiger partial charge in [0.05, 0.1) is 6.26 Å². The third-order valence-electron chi connectivity index (χ3n) is 5.48. The predicted molar refractivity (Wildman–Crippen MR) is 84.9 cm³/mol. The summed E-state index contributed by atoms with van der Waals surface area (Å²) in [6.45, 7) is 3.21. The normalized spacial score (nSPS) is 31.9. The average molecular weight is 329 g/mol. The van der Waals surface area contributed by atoms with Gasteiger partial charge in [-0.2, -0.15) is 0 Å². The first kappa shape index (κ1) is 16.2. The Bertz CT molecular complexity index is 514. The van der Waals surface area contributed by atoms with Crippen LogP contribution in [0, 0.1) is 5.92 Å². The third kappa shape index (κ3) is 3.46. The first-order chi connectivity index (χ1) is 10.4. The molecule has 2 atom stereocenters. The molecule has 3 fully saturated rings. The van der Waals surface area contributed by atoms with Gasteiger partial charge in [-0.05, 0) is 38.6 Å². The van der Waals surface area contributed by atoms with E-state index < -0.39 is 10.0 Å². The lowest BCUT2D eigenvalue weighted by Crippen LogP contribution is -2.50. The summed E-state index contributed by atoms with van der Waals surface area (Å²) < 4.78 is 24.5. The number of fused-ring (bicyclic) bond motifs is 1. The van der Waals surface area contributed by atoms with Crippen molar-refractivity contribution in [1.29, 1.82) is 0 Å². The SMILES string of the molecule is CS(=O)(=O)N1CCC(C(=O)N[C@@H]2CCN3CCCC[C@H]23)CC1. The Morgan fingerprint density at radius 1 is 1.00 bits per heavy atom. The number of piperidine rings is 2. The largest absolute Gasteiger partial charge is 0.352 e. The number of nitrogens with one attached hydrogen (secondary N) is 1. The summed E-state index contributed by atoms with van der Waals surface area (Å²) in [5, 5.41) is 3.25. The highest BCUT2D eigenvalue weighted by molar-refractivity contribution is 7.88. The van der Waals surface area contributed by atoms with Gasteiger partial charge in [0.2, 0.25) is 15.9 Å². The van der Waals surface area contributed by atoms with Gasteiger partial charge in [-0.15, -0.1) is 0 Å². The van der Waals surface area contributed by atoms with Crippen LogP contribution in [-0.2, 0) is 14.8 Å². The quantitative estimate of drug-likeness (QED) is 0.814. The summed E-state index contributed by atoms with van der Waals surface area (Å²) >= 11 is 0. The van der Waals surface area contributed by atoms with Crippen LogP contribution in [0.25, 0.3) is 0 Å². The molecule has 0 aromatic carbocycles. The van der Waals surface area contributed by atoms with Crippen molar-refractivity contribution in [2.75, 3.05) is 32.4 Å². The van der Waals surface area contributed by atoms with E-state index in [4.69, 9.17) is 0 Å². The van der Waals surface area contributed by atoms with Crippen LogP contribution in [0.4, 0.5) is 0 Å². The fourth-order valence-corrected chi connectivity index (χ4v) is 5.04. The number of rotatable bonds is 3. The number of hydrogen-bond acceptors (Lipinski definition) is 4. The van der Waals surface area contributed by atoms with Crippen molar-refractivity contribution >= 4 is 15.9 Å². The van der Waals surface area contributed by atoms with Crippen LogP contribution in [0.5, 0.6) is 0 Å². The summed E-state index contributed by atoms with van der Waals surface area (Å²) in [6, 6.07) is 0.814. The van der Waals surface area contributed by atoms with E-state index in [0.717, 1.165) is 13.0 Å². The van der Waals surface area contributed by atoms with Crippen molar-refractivity contribution in [3.63, 3.8) is 0 Å². The van der Waals surface area contributed by atoms with Crippen molar-refractivity contribution in [3.05, 3.63) is 0 Å². The summed E-state index contributed by atoms with van der Waals surface area (Å²) in [5.41, 5.74) is 0. The molecule has 3 rings (SSSR count). The molecule has 0 saturated carbocycles. The zero-order chi connectivity index (χ0) is 15.7. The first-order valence-electron chi connectivity index (χ1n) is 8.45. The molecule has 0 aromatic rings. The number of sulfonamides is 1. The van der Waals surface area contributed by atoms with Gasteiger partial charge in [-0.1, -0.05) is 6.42 Å². The minimum absolute atomic E-state index is 0.0318. The van der Waals surface area contributed by atoms with E-state index in [1.807, 2.05) is 0 Å². The predicted octanol–water partition coefficient (Wildman–Crippen LogP) is 0.401. The molecule has 0 radical (unpaired) electrons. The van der Waals surface area contributed by atoms with Crippen LogP contribution in [0.3, 0.4) is 0 Å². The zero-order valence-corrected chi connectivity index (χ0v) is 14.1. The second-order valence-corrected chi connectivity index (χ2v) is 8.92. The van der Waals surface area contributed by atoms with E-state index in [2.05, 4.69) is 10.2 Å². The molecule has 0 unspecified atom stereocenters. The lowest BCUT2D eigenvalue weighted by molar-refractivity contribution is -0.127. The summed E-state index contributed by atoms with van der Waals surface area (Å²) in [6.07, 6.45) is 7.31. The molecule has 1 amide bonds. The molecule has 3 aliphatic rings. The van der Waals surface area contributed by atoms with Gasteiger partial charge in [0.25, 0.3) is 0 Å². The lowest BCUT2D eigenvalue weighted by atomic mass is 9.95. The maximum absolute atomic E-state index is 12.5. The van der Waals surface area contributed by atoms with Crippen LogP contribution in [0.15, 0.2) is 0 Å². The smallest absolute Gasteiger partial charge is 0.223 e. The van der Waals surface area contributed by atoms with E-state index >= 15 is 0 Å². The average Bonchev–Trinajstić information content (AvgIpc) is 2.90. The minimum atomic E-state index is -3.12. The van der Waals surface area contributed by atoms with Gasteiger partial charge >= 0.3 is 0 Å². The Morgan fingerprint density at radius 2 is 1.73 bits per heavy atom. The van der Waals surface area contributed by atoms with Crippen LogP contribution in [0.2, 0.25) is 0 Å². The van der Waals surface area contributed by atoms with Crippen molar-refractivity contribution in [3.8, 4) is 0 Å². The van der Waals surface area contributed by atoms with Crippen LogP contribution in [-0.4, -0.2) is 68.0 Å². The Balaban J connectivity index is 1.51. The number of hydrogen-bond donors (Lipinski definition) is 1. The topological polar surface area (TPSA) is 69.7 Å². The molecule has 0 spiro atoms. The molecule has 6 nitrogen and oxygen atoms in total. The molecular weight excluding hydrogens is 302 g/mol. The first-order valence-corrected chi connectivity index (χ1v) is 10.3. The highest BCUT2D eigenvalue weighted by Gasteiger charge is 2.37. The van der Waals surface area contributed by atoms with Gasteiger partial charge < -0.3 is 5.32 Å². The van der Waals surface area contributed by atoms with E-state index in [0.29, 0.717) is 38.0 Å². The van der Waals surface area contributed by atoms with E-state index in [1.165, 1.54) is 36.4 Å². The fourth-order valence-electron chi connectivity index (χ4n) is 4.17. The third-order valence-corrected chi connectivity index (χ3v) is 6.78. The van der Waals surface area contributed by atoms with Crippen LogP contribution < -0.4 is 5.32 Å². The number of nitrogens with zero attached hydrogens (tertiary/aromatic N) is 2. The molecule has 0 aliphatic carbocycles. The van der Waals surface area contributed by atoms with Gasteiger partial charge in [-0.25, -0.2) is 12.7 Å². The molecule has 1 N–H and O–H groups in total. The lowest BCUT2D eigenvalue weighted by Gasteiger charge is -2.34. The van der Waals surface area contributed by atoms with E-state index in [1.54, 1.807) is 0 Å². The van der Waals surface area contributed by atoms with Crippen molar-refractivity contribution in [1.82, 2.24) is 14.5 Å². The molecule has 0 bridgehead atoms. The molecule has 3 heterocycles. The summed E-state index contributed by atoms with van der Waals surface area (Å²) in [5.74, 6) is 0.0983. The van der Waals surface area contributed by atoms with E-state index in [9.17, 15) is 13.2 Å². The standard InChI is InChI=1S/C15H27N3O3S/c1-22(20,21)18-10-5-12(6-11-18)15(19)16-13-7-9-17-8-3-2-4-14(13)17/h12-14H,2-11H2,1H3,(H,16,19)/t13-,14-/m1/s1. The van der Waals surface area contributed by atoms with Crippen LogP contribution in [0.1, 0.15) is 38.5 Å². The monoisotopic (exact) mass is 329 g/mol. The molecular formula is C15H27N3O3S. The Morgan fingerprint density at radius 3 is 2.41 bits per heavy atom. The molecule has 3 aliphatic heterocycles. The second kappa shape index (κ2) is 6.45. The van der Waals surface area contributed by atoms with Gasteiger partial charge in [0.15, 0.2) is 0 Å². The Kier molecular flexibility index (Phi) is 4.75. The number of amides is 1. The second-order valence-electron chi connectivity index (χ2n) is 6.94. The highest BCUT2D eigenvalue weighted by atomic mass is 32.2. The van der Waals surface area contributed by atoms with Gasteiger partial charge in [0.1, 0.15) is 0 Å². The van der Waals surface area contributed by atoms with Crippen molar-refractivity contribution in [2.24, 2.45) is 5.92 Å². The maximum atomic E-state index is 12.5. The van der Waals surface area contributed by atoms with E-state index in [-0.39, 0.29) is 11.8 Å². The highest BCUT2D eigenvalue weighted by Crippen LogP contribution is 2.28. The molecule has 22 heavy (non-hydrogen) atoms. The van der Waals surface area contributed by atoms with Gasteiger partial charge in [0, 0.05) is 37.6 Å². The van der Waals surface area contributed by atoms with Gasteiger partial charge in [-0.3, -0.25) is 9.69 Å². The van der Waals surface area contributed by atoms with Crippen molar-refractivity contribution in [2.45, 2.75) is 50.6 Å². The Labute approximate surface area is 133 Å². The van der Waals surface area contributed by atoms with Crippen molar-refractivity contribution < 1.29 is 13.2 Å². The number of carbonyl (C=O) groups is 1. The molecule has 3 saturated heterocycles. The molecule has 126 valence electrons. The minimum Gasteiger partial charge on any atom is -0.352 e. The maximum Gasteiger partial charge on any atom is 0.223 e. The number of carbonyl (C=O) groups excluding carboxylic acids is 1. The molecule has 7 heteroatoms. The Hall–Kier alpha value is -0.660. The van der Waals surface area contributed by atoms with Crippen LogP contribution >= 0.6 is 0 Å². The molecule has 0 aromatic heterocycles. The zero-order valence-electron chi connectivity index (χ0n) is 13.3. The fraction of sp³-hybridized carbons (Fsp3) is 0.933. The summed E-state index contributed by atoms with van der Waals surface area (Å²) in [7, 11) is -3.12. The summed E-state index contributed by atoms with van der Waals surface area (Å²) in [4.78, 5) is 15.0.